The highest BCUT2D eigenvalue weighted by Crippen LogP contribution is 2.22. The van der Waals surface area contributed by atoms with Gasteiger partial charge in [0.2, 0.25) is 10.0 Å². The summed E-state index contributed by atoms with van der Waals surface area (Å²) in [5.74, 6) is -0.914. The zero-order valence-corrected chi connectivity index (χ0v) is 21.6. The van der Waals surface area contributed by atoms with Gasteiger partial charge in [-0.25, -0.2) is 17.6 Å². The molecule has 1 aliphatic rings. The first-order valence-corrected chi connectivity index (χ1v) is 13.9. The fraction of sp³-hybridized carbons (Fsp3) is 0.375. The van der Waals surface area contributed by atoms with Crippen LogP contribution in [-0.2, 0) is 21.3 Å². The number of halogens is 1. The molecule has 0 radical (unpaired) electrons. The minimum atomic E-state index is -3.79. The van der Waals surface area contributed by atoms with Crippen molar-refractivity contribution in [2.75, 3.05) is 32.8 Å². The topological polar surface area (TPSA) is 101 Å². The predicted molar refractivity (Wildman–Crippen MR) is 134 cm³/mol. The number of para-hydroxylation sites is 1. The Morgan fingerprint density at radius 1 is 1.06 bits per heavy atom. The molecule has 0 spiro atoms. The van der Waals surface area contributed by atoms with Crippen LogP contribution in [0.2, 0.25) is 0 Å². The van der Waals surface area contributed by atoms with Gasteiger partial charge in [0.15, 0.2) is 4.80 Å². The molecule has 1 saturated heterocycles. The van der Waals surface area contributed by atoms with Gasteiger partial charge in [0, 0.05) is 38.3 Å². The molecule has 2 heterocycles. The molecule has 0 aliphatic carbocycles. The number of aromatic nitrogens is 1. The molecule has 1 fully saturated rings. The second-order valence-electron chi connectivity index (χ2n) is 8.15. The zero-order valence-electron chi connectivity index (χ0n) is 20.0. The molecule has 0 unspecified atom stereocenters. The van der Waals surface area contributed by atoms with Crippen molar-refractivity contribution in [3.8, 4) is 0 Å². The van der Waals surface area contributed by atoms with Crippen LogP contribution in [0.3, 0.4) is 0 Å². The maximum absolute atomic E-state index is 14.4. The van der Waals surface area contributed by atoms with Gasteiger partial charge in [0.25, 0.3) is 5.91 Å². The number of ether oxygens (including phenoxy) is 1. The standard InChI is InChI=1S/C24H27FN4O5S2/c1-3-12-29-21-19(25)6-5-7-20(21)35-23(29)26-22(30)17-8-10-18(11-9-17)36(32,33)28-15-13-27(14-16-28)24(31)34-4-2/h5-11H,3-4,12-16H2,1-2H3. The van der Waals surface area contributed by atoms with Crippen LogP contribution in [0.25, 0.3) is 10.2 Å². The van der Waals surface area contributed by atoms with E-state index in [9.17, 15) is 22.4 Å². The number of thiazole rings is 1. The third kappa shape index (κ3) is 5.20. The third-order valence-corrected chi connectivity index (χ3v) is 8.76. The molecule has 0 N–H and O–H groups in total. The third-order valence-electron chi connectivity index (χ3n) is 5.80. The van der Waals surface area contributed by atoms with Crippen molar-refractivity contribution in [1.29, 1.82) is 0 Å². The minimum Gasteiger partial charge on any atom is -0.450 e. The molecule has 1 aliphatic heterocycles. The van der Waals surface area contributed by atoms with Gasteiger partial charge in [0.1, 0.15) is 5.82 Å². The first-order valence-electron chi connectivity index (χ1n) is 11.6. The van der Waals surface area contributed by atoms with Crippen LogP contribution < -0.4 is 4.80 Å². The van der Waals surface area contributed by atoms with Crippen molar-refractivity contribution < 1.29 is 27.1 Å². The molecule has 4 rings (SSSR count). The van der Waals surface area contributed by atoms with Crippen molar-refractivity contribution in [2.45, 2.75) is 31.7 Å². The predicted octanol–water partition coefficient (Wildman–Crippen LogP) is 3.46. The quantitative estimate of drug-likeness (QED) is 0.482. The van der Waals surface area contributed by atoms with Gasteiger partial charge in [-0.2, -0.15) is 9.30 Å². The van der Waals surface area contributed by atoms with E-state index in [4.69, 9.17) is 4.74 Å². The van der Waals surface area contributed by atoms with Crippen molar-refractivity contribution in [3.05, 3.63) is 58.6 Å². The Morgan fingerprint density at radius 3 is 2.39 bits per heavy atom. The maximum Gasteiger partial charge on any atom is 0.409 e. The molecule has 36 heavy (non-hydrogen) atoms. The lowest BCUT2D eigenvalue weighted by molar-refractivity contribution is 0.0933. The molecule has 1 aromatic heterocycles. The highest BCUT2D eigenvalue weighted by atomic mass is 32.2. The second kappa shape index (κ2) is 10.9. The number of piperazine rings is 1. The van der Waals surface area contributed by atoms with Crippen LogP contribution in [0.5, 0.6) is 0 Å². The van der Waals surface area contributed by atoms with Crippen LogP contribution in [0.4, 0.5) is 9.18 Å². The normalized spacial score (nSPS) is 15.4. The number of sulfonamides is 1. The van der Waals surface area contributed by atoms with Crippen LogP contribution in [0, 0.1) is 5.82 Å². The number of aryl methyl sites for hydroxylation is 1. The highest BCUT2D eigenvalue weighted by molar-refractivity contribution is 7.89. The number of fused-ring (bicyclic) bond motifs is 1. The first kappa shape index (κ1) is 26.0. The van der Waals surface area contributed by atoms with Gasteiger partial charge < -0.3 is 14.2 Å². The minimum absolute atomic E-state index is 0.0496. The van der Waals surface area contributed by atoms with E-state index >= 15 is 0 Å². The van der Waals surface area contributed by atoms with E-state index in [1.165, 1.54) is 50.9 Å². The fourth-order valence-electron chi connectivity index (χ4n) is 4.00. The number of amides is 2. The largest absolute Gasteiger partial charge is 0.450 e. The summed E-state index contributed by atoms with van der Waals surface area (Å²) < 4.78 is 49.2. The Labute approximate surface area is 212 Å². The summed E-state index contributed by atoms with van der Waals surface area (Å²) in [6.45, 7) is 5.21. The average Bonchev–Trinajstić information content (AvgIpc) is 3.22. The van der Waals surface area contributed by atoms with E-state index in [0.29, 0.717) is 21.6 Å². The van der Waals surface area contributed by atoms with Gasteiger partial charge in [-0.05, 0) is 49.7 Å². The number of nitrogens with zero attached hydrogens (tertiary/aromatic N) is 4. The summed E-state index contributed by atoms with van der Waals surface area (Å²) in [5.41, 5.74) is 0.641. The van der Waals surface area contributed by atoms with E-state index in [1.807, 2.05) is 6.92 Å². The molecule has 2 amide bonds. The molecule has 0 atom stereocenters. The zero-order chi connectivity index (χ0) is 25.9. The molecule has 12 heteroatoms. The fourth-order valence-corrected chi connectivity index (χ4v) is 6.49. The lowest BCUT2D eigenvalue weighted by atomic mass is 10.2. The maximum atomic E-state index is 14.4. The summed E-state index contributed by atoms with van der Waals surface area (Å²) in [7, 11) is -3.79. The molecule has 3 aromatic rings. The Bertz CT molecular complexity index is 1440. The van der Waals surface area contributed by atoms with Crippen LogP contribution >= 0.6 is 11.3 Å². The van der Waals surface area contributed by atoms with E-state index in [0.717, 1.165) is 6.42 Å². The lowest BCUT2D eigenvalue weighted by Crippen LogP contribution is -2.50. The summed E-state index contributed by atoms with van der Waals surface area (Å²) in [6, 6.07) is 10.4. The number of hydrogen-bond donors (Lipinski definition) is 0. The van der Waals surface area contributed by atoms with Crippen molar-refractivity contribution in [2.24, 2.45) is 4.99 Å². The molecule has 2 aromatic carbocycles. The number of carbonyl (C=O) groups is 2. The van der Waals surface area contributed by atoms with Gasteiger partial charge in [-0.1, -0.05) is 24.3 Å². The Balaban J connectivity index is 1.53. The number of carbonyl (C=O) groups excluding carboxylic acids is 2. The van der Waals surface area contributed by atoms with Gasteiger partial charge in [-0.3, -0.25) is 4.79 Å². The second-order valence-corrected chi connectivity index (χ2v) is 11.1. The summed E-state index contributed by atoms with van der Waals surface area (Å²) in [5, 5.41) is 0. The SMILES string of the molecule is CCCn1c(=NC(=O)c2ccc(S(=O)(=O)N3CCN(C(=O)OCC)CC3)cc2)sc2cccc(F)c21. The van der Waals surface area contributed by atoms with Crippen LogP contribution in [0.15, 0.2) is 52.4 Å². The summed E-state index contributed by atoms with van der Waals surface area (Å²) >= 11 is 1.23. The highest BCUT2D eigenvalue weighted by Gasteiger charge is 2.30. The first-order chi connectivity index (χ1) is 17.3. The molecule has 0 bridgehead atoms. The lowest BCUT2D eigenvalue weighted by Gasteiger charge is -2.33. The molecular formula is C24H27FN4O5S2. The van der Waals surface area contributed by atoms with Crippen LogP contribution in [0.1, 0.15) is 30.6 Å². The van der Waals surface area contributed by atoms with E-state index < -0.39 is 22.0 Å². The number of rotatable bonds is 6. The van der Waals surface area contributed by atoms with E-state index in [2.05, 4.69) is 4.99 Å². The van der Waals surface area contributed by atoms with E-state index in [-0.39, 0.29) is 49.1 Å². The van der Waals surface area contributed by atoms with Gasteiger partial charge in [0.05, 0.1) is 21.7 Å². The van der Waals surface area contributed by atoms with Crippen molar-refractivity contribution in [1.82, 2.24) is 13.8 Å². The van der Waals surface area contributed by atoms with Crippen molar-refractivity contribution in [3.63, 3.8) is 0 Å². The monoisotopic (exact) mass is 534 g/mol. The Kier molecular flexibility index (Phi) is 7.86. The van der Waals surface area contributed by atoms with Crippen molar-refractivity contribution >= 4 is 43.6 Å². The molecule has 9 nitrogen and oxygen atoms in total. The van der Waals surface area contributed by atoms with Crippen LogP contribution in [-0.4, -0.2) is 67.0 Å². The number of hydrogen-bond acceptors (Lipinski definition) is 6. The molecular weight excluding hydrogens is 507 g/mol. The number of benzene rings is 2. The summed E-state index contributed by atoms with van der Waals surface area (Å²) in [6.07, 6.45) is 0.282. The summed E-state index contributed by atoms with van der Waals surface area (Å²) in [4.78, 5) is 30.9. The van der Waals surface area contributed by atoms with E-state index in [1.54, 1.807) is 23.6 Å². The Morgan fingerprint density at radius 2 is 1.75 bits per heavy atom. The smallest absolute Gasteiger partial charge is 0.409 e. The molecule has 0 saturated carbocycles. The van der Waals surface area contributed by atoms with Gasteiger partial charge >= 0.3 is 6.09 Å². The van der Waals surface area contributed by atoms with Gasteiger partial charge in [-0.15, -0.1) is 0 Å². The Hall–Kier alpha value is -3.09. The average molecular weight is 535 g/mol. The molecule has 192 valence electrons.